The van der Waals surface area contributed by atoms with Gasteiger partial charge in [-0.15, -0.1) is 0 Å². The van der Waals surface area contributed by atoms with Crippen molar-refractivity contribution < 1.29 is 19.7 Å². The fourth-order valence-electron chi connectivity index (χ4n) is 2.02. The molecule has 2 N–H and O–H groups in total. The van der Waals surface area contributed by atoms with Crippen LogP contribution in [0.4, 0.5) is 0 Å². The maximum absolute atomic E-state index is 11.2. The number of aliphatic carboxylic acids is 1. The van der Waals surface area contributed by atoms with E-state index in [4.69, 9.17) is 9.84 Å². The van der Waals surface area contributed by atoms with Gasteiger partial charge in [-0.25, -0.2) is 0 Å². The van der Waals surface area contributed by atoms with Crippen LogP contribution in [0.5, 0.6) is 5.75 Å². The highest BCUT2D eigenvalue weighted by Crippen LogP contribution is 2.34. The predicted molar refractivity (Wildman–Crippen MR) is 83.6 cm³/mol. The van der Waals surface area contributed by atoms with Crippen LogP contribution in [0, 0.1) is 5.41 Å². The van der Waals surface area contributed by atoms with E-state index in [0.717, 1.165) is 5.56 Å². The Morgan fingerprint density at radius 2 is 1.68 bits per heavy atom. The molecule has 0 bridgehead atoms. The normalized spacial score (nSPS) is 12.7. The Bertz CT molecular complexity index is 617. The van der Waals surface area contributed by atoms with Crippen LogP contribution < -0.4 is 4.74 Å². The van der Waals surface area contributed by atoms with Gasteiger partial charge in [0.25, 0.3) is 0 Å². The van der Waals surface area contributed by atoms with Gasteiger partial charge in [0.05, 0.1) is 11.5 Å². The van der Waals surface area contributed by atoms with Crippen LogP contribution in [0.2, 0.25) is 0 Å². The summed E-state index contributed by atoms with van der Waals surface area (Å²) in [5.41, 5.74) is 0.380. The molecule has 0 spiro atoms. The van der Waals surface area contributed by atoms with Crippen molar-refractivity contribution in [3.63, 3.8) is 0 Å². The lowest BCUT2D eigenvalue weighted by Gasteiger charge is -2.26. The number of hydrogen-bond acceptors (Lipinski definition) is 3. The van der Waals surface area contributed by atoms with Gasteiger partial charge in [0.1, 0.15) is 12.4 Å². The summed E-state index contributed by atoms with van der Waals surface area (Å²) in [6.07, 6.45) is -1.08. The molecule has 0 saturated heterocycles. The summed E-state index contributed by atoms with van der Waals surface area (Å²) in [6, 6.07) is 16.7. The van der Waals surface area contributed by atoms with Crippen LogP contribution in [0.1, 0.15) is 31.1 Å². The average molecular weight is 300 g/mol. The summed E-state index contributed by atoms with van der Waals surface area (Å²) in [4.78, 5) is 11.2. The van der Waals surface area contributed by atoms with Crippen LogP contribution in [0.3, 0.4) is 0 Å². The lowest BCUT2D eigenvalue weighted by atomic mass is 9.83. The van der Waals surface area contributed by atoms with E-state index >= 15 is 0 Å². The minimum absolute atomic E-state index is 0.462. The van der Waals surface area contributed by atoms with Gasteiger partial charge in [-0.05, 0) is 37.1 Å². The number of carbonyl (C=O) groups is 1. The molecular weight excluding hydrogens is 280 g/mol. The first kappa shape index (κ1) is 16.0. The van der Waals surface area contributed by atoms with Crippen molar-refractivity contribution in [3.8, 4) is 5.75 Å². The van der Waals surface area contributed by atoms with Crippen molar-refractivity contribution in [2.45, 2.75) is 26.6 Å². The molecule has 2 aromatic rings. The number of ether oxygens (including phenoxy) is 1. The predicted octanol–water partition coefficient (Wildman–Crippen LogP) is 3.41. The number of carboxylic acids is 1. The van der Waals surface area contributed by atoms with Crippen molar-refractivity contribution in [1.29, 1.82) is 0 Å². The van der Waals surface area contributed by atoms with Gasteiger partial charge in [-0.2, -0.15) is 0 Å². The van der Waals surface area contributed by atoms with Gasteiger partial charge in [-0.3, -0.25) is 4.79 Å². The Morgan fingerprint density at radius 1 is 1.09 bits per heavy atom. The van der Waals surface area contributed by atoms with Crippen molar-refractivity contribution in [2.24, 2.45) is 5.41 Å². The number of carboxylic acid groups (broad SMARTS) is 1. The third-order valence-electron chi connectivity index (χ3n) is 3.68. The summed E-state index contributed by atoms with van der Waals surface area (Å²) in [7, 11) is 0. The van der Waals surface area contributed by atoms with E-state index in [1.165, 1.54) is 13.8 Å². The first-order valence-corrected chi connectivity index (χ1v) is 7.09. The number of benzene rings is 2. The highest BCUT2D eigenvalue weighted by Gasteiger charge is 2.36. The lowest BCUT2D eigenvalue weighted by molar-refractivity contribution is -0.153. The fourth-order valence-corrected chi connectivity index (χ4v) is 2.02. The van der Waals surface area contributed by atoms with E-state index in [9.17, 15) is 9.90 Å². The van der Waals surface area contributed by atoms with E-state index in [0.29, 0.717) is 17.9 Å². The van der Waals surface area contributed by atoms with E-state index in [-0.39, 0.29) is 0 Å². The molecule has 0 saturated carbocycles. The molecule has 0 unspecified atom stereocenters. The lowest BCUT2D eigenvalue weighted by Crippen LogP contribution is -2.31. The van der Waals surface area contributed by atoms with Crippen LogP contribution >= 0.6 is 0 Å². The van der Waals surface area contributed by atoms with Gasteiger partial charge in [0.2, 0.25) is 0 Å². The summed E-state index contributed by atoms with van der Waals surface area (Å²) < 4.78 is 5.66. The van der Waals surface area contributed by atoms with Crippen LogP contribution in [0.25, 0.3) is 0 Å². The summed E-state index contributed by atoms with van der Waals surface area (Å²) in [5, 5.41) is 19.3. The highest BCUT2D eigenvalue weighted by molar-refractivity contribution is 5.74. The standard InChI is InChI=1S/C18H20O4/c1-18(2,17(20)21)16(19)14-8-10-15(11-9-14)22-12-13-6-4-3-5-7-13/h3-11,16,19H,12H2,1-2H3,(H,20,21)/t16-/m0/s1. The largest absolute Gasteiger partial charge is 0.489 e. The Morgan fingerprint density at radius 3 is 2.23 bits per heavy atom. The van der Waals surface area contributed by atoms with Gasteiger partial charge < -0.3 is 14.9 Å². The Labute approximate surface area is 130 Å². The zero-order valence-corrected chi connectivity index (χ0v) is 12.7. The van der Waals surface area contributed by atoms with Crippen molar-refractivity contribution in [3.05, 3.63) is 65.7 Å². The Balaban J connectivity index is 2.03. The second-order valence-electron chi connectivity index (χ2n) is 5.77. The van der Waals surface area contributed by atoms with Crippen molar-refractivity contribution in [2.75, 3.05) is 0 Å². The molecule has 0 heterocycles. The molecule has 2 rings (SSSR count). The second-order valence-corrected chi connectivity index (χ2v) is 5.77. The van der Waals surface area contributed by atoms with E-state index in [1.807, 2.05) is 30.3 Å². The summed E-state index contributed by atoms with van der Waals surface area (Å²) in [5.74, 6) is -0.364. The maximum Gasteiger partial charge on any atom is 0.312 e. The Hall–Kier alpha value is -2.33. The first-order valence-electron chi connectivity index (χ1n) is 7.09. The third-order valence-corrected chi connectivity index (χ3v) is 3.68. The minimum Gasteiger partial charge on any atom is -0.489 e. The maximum atomic E-state index is 11.2. The zero-order chi connectivity index (χ0) is 16.2. The number of rotatable bonds is 6. The Kier molecular flexibility index (Phi) is 4.83. The topological polar surface area (TPSA) is 66.8 Å². The van der Waals surface area contributed by atoms with Crippen LogP contribution in [-0.2, 0) is 11.4 Å². The molecular formula is C18H20O4. The van der Waals surface area contributed by atoms with E-state index in [2.05, 4.69) is 0 Å². The monoisotopic (exact) mass is 300 g/mol. The van der Waals surface area contributed by atoms with Gasteiger partial charge in [0, 0.05) is 0 Å². The van der Waals surface area contributed by atoms with Gasteiger partial charge in [0.15, 0.2) is 0 Å². The molecule has 0 amide bonds. The molecule has 4 heteroatoms. The van der Waals surface area contributed by atoms with E-state index in [1.54, 1.807) is 24.3 Å². The smallest absolute Gasteiger partial charge is 0.312 e. The number of aliphatic hydroxyl groups is 1. The van der Waals surface area contributed by atoms with Gasteiger partial charge in [-0.1, -0.05) is 42.5 Å². The molecule has 0 fully saturated rings. The number of hydrogen-bond donors (Lipinski definition) is 2. The van der Waals surface area contributed by atoms with Crippen molar-refractivity contribution >= 4 is 5.97 Å². The molecule has 2 aromatic carbocycles. The number of aliphatic hydroxyl groups excluding tert-OH is 1. The first-order chi connectivity index (χ1) is 10.4. The third kappa shape index (κ3) is 3.65. The second kappa shape index (κ2) is 6.62. The van der Waals surface area contributed by atoms with Crippen LogP contribution in [0.15, 0.2) is 54.6 Å². The van der Waals surface area contributed by atoms with Crippen LogP contribution in [-0.4, -0.2) is 16.2 Å². The molecule has 0 aliphatic carbocycles. The molecule has 22 heavy (non-hydrogen) atoms. The summed E-state index contributed by atoms with van der Waals surface area (Å²) >= 11 is 0. The fraction of sp³-hybridized carbons (Fsp3) is 0.278. The van der Waals surface area contributed by atoms with Gasteiger partial charge >= 0.3 is 5.97 Å². The van der Waals surface area contributed by atoms with E-state index < -0.39 is 17.5 Å². The average Bonchev–Trinajstić information content (AvgIpc) is 2.53. The quantitative estimate of drug-likeness (QED) is 0.858. The molecule has 4 nitrogen and oxygen atoms in total. The zero-order valence-electron chi connectivity index (χ0n) is 12.7. The molecule has 0 aliphatic heterocycles. The molecule has 0 aromatic heterocycles. The SMILES string of the molecule is CC(C)(C(=O)O)[C@@H](O)c1ccc(OCc2ccccc2)cc1. The molecule has 0 radical (unpaired) electrons. The highest BCUT2D eigenvalue weighted by atomic mass is 16.5. The molecule has 0 aliphatic rings. The molecule has 116 valence electrons. The van der Waals surface area contributed by atoms with Crippen molar-refractivity contribution in [1.82, 2.24) is 0 Å². The molecule has 1 atom stereocenters. The minimum atomic E-state index is -1.24. The summed E-state index contributed by atoms with van der Waals surface area (Å²) in [6.45, 7) is 3.46.